The summed E-state index contributed by atoms with van der Waals surface area (Å²) in [6.45, 7) is 16.4. The van der Waals surface area contributed by atoms with Crippen LogP contribution in [0.2, 0.25) is 0 Å². The Labute approximate surface area is 442 Å². The number of benzene rings is 5. The summed E-state index contributed by atoms with van der Waals surface area (Å²) in [7, 11) is 0. The molecule has 2 fully saturated rings. The van der Waals surface area contributed by atoms with E-state index >= 15 is 0 Å². The van der Waals surface area contributed by atoms with E-state index < -0.39 is 5.69 Å². The van der Waals surface area contributed by atoms with E-state index in [4.69, 9.17) is 9.97 Å². The largest absolute Gasteiger partial charge is 0.508 e. The molecule has 0 aliphatic carbocycles. The summed E-state index contributed by atoms with van der Waals surface area (Å²) >= 11 is 0. The number of carbonyl (C=O) groups is 2. The first-order valence-corrected chi connectivity index (χ1v) is 26.5. The van der Waals surface area contributed by atoms with E-state index in [1.807, 2.05) is 57.2 Å². The minimum atomic E-state index is -0.416. The molecule has 5 aromatic carbocycles. The number of hydrogen-bond acceptors (Lipinski definition) is 13. The van der Waals surface area contributed by atoms with Crippen LogP contribution in [0.4, 0.5) is 17.5 Å². The van der Waals surface area contributed by atoms with Gasteiger partial charge in [-0.3, -0.25) is 14.5 Å². The monoisotopic (exact) mass is 1030 g/mol. The van der Waals surface area contributed by atoms with Crippen LogP contribution in [0.15, 0.2) is 115 Å². The van der Waals surface area contributed by atoms with Crippen LogP contribution in [0.1, 0.15) is 85.5 Å². The van der Waals surface area contributed by atoms with Gasteiger partial charge >= 0.3 is 5.69 Å². The highest BCUT2D eigenvalue weighted by atomic mass is 16.3. The molecule has 2 amide bonds. The third kappa shape index (κ3) is 11.2. The van der Waals surface area contributed by atoms with Crippen LogP contribution in [0.25, 0.3) is 27.8 Å². The first-order chi connectivity index (χ1) is 36.8. The van der Waals surface area contributed by atoms with Crippen molar-refractivity contribution in [2.24, 2.45) is 5.92 Å². The molecule has 0 bridgehead atoms. The number of anilines is 3. The van der Waals surface area contributed by atoms with E-state index in [0.29, 0.717) is 74.4 Å². The number of nitrogens with zero attached hydrogens (tertiary/aromatic N) is 8. The Kier molecular flexibility index (Phi) is 15.1. The van der Waals surface area contributed by atoms with Gasteiger partial charge in [-0.2, -0.15) is 10.1 Å². The van der Waals surface area contributed by atoms with Crippen LogP contribution < -0.4 is 26.1 Å². The van der Waals surface area contributed by atoms with Crippen LogP contribution >= 0.6 is 0 Å². The number of aromatic nitrogens is 5. The number of aromatic hydroxyl groups is 3. The summed E-state index contributed by atoms with van der Waals surface area (Å²) in [6.07, 6.45) is 5.39. The summed E-state index contributed by atoms with van der Waals surface area (Å²) in [5.41, 5.74) is 7.60. The second-order valence-electron chi connectivity index (χ2n) is 20.7. The highest BCUT2D eigenvalue weighted by Crippen LogP contribution is 2.39. The smallest absolute Gasteiger partial charge is 0.348 e. The number of nitrogens with one attached hydrogen (secondary N) is 3. The van der Waals surface area contributed by atoms with E-state index in [2.05, 4.69) is 84.6 Å². The molecule has 76 heavy (non-hydrogen) atoms. The van der Waals surface area contributed by atoms with Gasteiger partial charge < -0.3 is 40.7 Å². The highest BCUT2D eigenvalue weighted by molar-refractivity contribution is 5.96. The molecular formula is C59H67N11O6. The van der Waals surface area contributed by atoms with Gasteiger partial charge in [-0.25, -0.2) is 19.4 Å². The second-order valence-corrected chi connectivity index (χ2v) is 20.7. The van der Waals surface area contributed by atoms with Gasteiger partial charge in [0, 0.05) is 81.0 Å². The molecular weight excluding hydrogens is 959 g/mol. The Morgan fingerprint density at radius 3 is 2.30 bits per heavy atom. The maximum atomic E-state index is 13.4. The van der Waals surface area contributed by atoms with Crippen molar-refractivity contribution in [1.29, 1.82) is 0 Å². The lowest BCUT2D eigenvalue weighted by atomic mass is 9.90. The van der Waals surface area contributed by atoms with E-state index in [9.17, 15) is 29.7 Å². The van der Waals surface area contributed by atoms with Gasteiger partial charge in [-0.05, 0) is 116 Å². The van der Waals surface area contributed by atoms with Crippen molar-refractivity contribution in [3.63, 3.8) is 0 Å². The molecule has 0 saturated carbocycles. The van der Waals surface area contributed by atoms with E-state index in [1.165, 1.54) is 27.8 Å². The van der Waals surface area contributed by atoms with Gasteiger partial charge in [0.25, 0.3) is 0 Å². The molecule has 0 spiro atoms. The van der Waals surface area contributed by atoms with E-state index in [0.717, 1.165) is 84.5 Å². The zero-order chi connectivity index (χ0) is 53.0. The molecule has 17 nitrogen and oxygen atoms in total. The fourth-order valence-electron chi connectivity index (χ4n) is 11.0. The van der Waals surface area contributed by atoms with Gasteiger partial charge in [0.2, 0.25) is 17.8 Å². The van der Waals surface area contributed by atoms with Crippen molar-refractivity contribution in [2.45, 2.75) is 77.9 Å². The number of phenols is 3. The average Bonchev–Trinajstić information content (AvgIpc) is 3.83. The number of phenolic OH excluding ortho intramolecular Hbond substituents is 3. The molecule has 0 radical (unpaired) electrons. The van der Waals surface area contributed by atoms with Gasteiger partial charge in [-0.15, -0.1) is 0 Å². The third-order valence-electron chi connectivity index (χ3n) is 15.3. The number of rotatable bonds is 16. The summed E-state index contributed by atoms with van der Waals surface area (Å²) in [5, 5.41) is 47.0. The summed E-state index contributed by atoms with van der Waals surface area (Å²) in [4.78, 5) is 57.6. The number of piperazine rings is 1. The van der Waals surface area contributed by atoms with E-state index in [-0.39, 0.29) is 53.3 Å². The van der Waals surface area contributed by atoms with Crippen LogP contribution in [-0.2, 0) is 35.5 Å². The molecule has 1 atom stereocenters. The summed E-state index contributed by atoms with van der Waals surface area (Å²) in [6, 6.07) is 30.9. The Hall–Kier alpha value is -8.18. The van der Waals surface area contributed by atoms with Crippen molar-refractivity contribution in [2.75, 3.05) is 67.5 Å². The zero-order valence-electron chi connectivity index (χ0n) is 43.5. The molecule has 10 rings (SSSR count). The highest BCUT2D eigenvalue weighted by Gasteiger charge is 2.30. The number of piperidine rings is 1. The molecule has 2 aromatic heterocycles. The molecule has 17 heteroatoms. The molecule has 2 saturated heterocycles. The third-order valence-corrected chi connectivity index (χ3v) is 15.3. The van der Waals surface area contributed by atoms with Gasteiger partial charge in [-0.1, -0.05) is 81.1 Å². The quantitative estimate of drug-likeness (QED) is 0.0509. The number of aromatic amines is 1. The molecule has 394 valence electrons. The van der Waals surface area contributed by atoms with Crippen molar-refractivity contribution in [1.82, 2.24) is 39.8 Å². The Morgan fingerprint density at radius 2 is 1.57 bits per heavy atom. The summed E-state index contributed by atoms with van der Waals surface area (Å²) < 4.78 is 1.45. The van der Waals surface area contributed by atoms with Crippen molar-refractivity contribution >= 4 is 40.0 Å². The Morgan fingerprint density at radius 1 is 0.829 bits per heavy atom. The zero-order valence-corrected chi connectivity index (χ0v) is 43.5. The van der Waals surface area contributed by atoms with Crippen LogP contribution in [0, 0.1) is 5.92 Å². The van der Waals surface area contributed by atoms with Gasteiger partial charge in [0.05, 0.1) is 29.5 Å². The standard InChI is InChI=1S/C59H67N11O6/c1-5-55(75)67-26-28-68(29-27-67)56-47-21-25-69(51-32-45(71)31-43-8-6-7-9-46(43)51)36-50(47)62-58(63-56)60-22-18-54(74)61-38(4)42-14-10-41(11-15-42)35-66-23-19-40(20-24-66)30-39-12-16-44(17-13-39)70-57(64-65-59(70)76)49-33-48(37(2)3)52(72)34-53(49)73/h5-17,31-34,37-38,40,71-73H,1,18-30,35-36H2,2-4H3,(H,61,74)(H,65,76)(H,60,62,63). The van der Waals surface area contributed by atoms with E-state index in [1.54, 1.807) is 17.0 Å². The van der Waals surface area contributed by atoms with Crippen LogP contribution in [0.3, 0.4) is 0 Å². The first kappa shape index (κ1) is 51.3. The summed E-state index contributed by atoms with van der Waals surface area (Å²) in [5.74, 6) is 2.01. The Balaban J connectivity index is 0.707. The second kappa shape index (κ2) is 22.3. The van der Waals surface area contributed by atoms with Crippen molar-refractivity contribution < 1.29 is 24.9 Å². The molecule has 5 heterocycles. The number of carbonyl (C=O) groups excluding carboxylic acids is 2. The average molecular weight is 1030 g/mol. The SMILES string of the molecule is C=CC(=O)N1CCN(c2nc(NCCC(=O)NC(C)c3ccc(CN4CCC(Cc5ccc(-n6c(-c7cc(C(C)C)c(O)cc7O)n[nH]c6=O)cc5)CC4)cc3)nc3c2CCN(c2cc(O)cc4ccccc24)C3)CC1. The predicted molar refractivity (Wildman–Crippen MR) is 296 cm³/mol. The lowest BCUT2D eigenvalue weighted by Crippen LogP contribution is -2.49. The molecule has 3 aliphatic rings. The fourth-order valence-corrected chi connectivity index (χ4v) is 11.0. The normalized spacial score (nSPS) is 15.7. The lowest BCUT2D eigenvalue weighted by molar-refractivity contribution is -0.126. The maximum Gasteiger partial charge on any atom is 0.348 e. The van der Waals surface area contributed by atoms with Gasteiger partial charge in [0.15, 0.2) is 5.82 Å². The number of hydrogen-bond donors (Lipinski definition) is 6. The Bertz CT molecular complexity index is 3300. The molecule has 3 aliphatic heterocycles. The van der Waals surface area contributed by atoms with Crippen molar-refractivity contribution in [3.8, 4) is 34.3 Å². The van der Waals surface area contributed by atoms with Crippen LogP contribution in [-0.4, -0.2) is 114 Å². The maximum absolute atomic E-state index is 13.4. The molecule has 7 aromatic rings. The number of fused-ring (bicyclic) bond motifs is 2. The fraction of sp³-hybridized carbons (Fsp3) is 0.356. The number of H-pyrrole nitrogens is 1. The van der Waals surface area contributed by atoms with Crippen molar-refractivity contribution in [3.05, 3.63) is 154 Å². The van der Waals surface area contributed by atoms with Crippen LogP contribution in [0.5, 0.6) is 17.2 Å². The number of amides is 2. The molecule has 1 unspecified atom stereocenters. The topological polar surface area (TPSA) is 208 Å². The predicted octanol–water partition coefficient (Wildman–Crippen LogP) is 7.94. The number of likely N-dealkylation sites (tertiary alicyclic amines) is 1. The van der Waals surface area contributed by atoms with Gasteiger partial charge in [0.1, 0.15) is 23.1 Å². The molecule has 6 N–H and O–H groups in total. The lowest BCUT2D eigenvalue weighted by Gasteiger charge is -2.38. The minimum absolute atomic E-state index is 0.000835. The first-order valence-electron chi connectivity index (χ1n) is 26.5. The minimum Gasteiger partial charge on any atom is -0.508 e.